The van der Waals surface area contributed by atoms with Crippen LogP contribution in [0.25, 0.3) is 0 Å². The van der Waals surface area contributed by atoms with Crippen LogP contribution in [0.1, 0.15) is 36.5 Å². The molecule has 0 spiro atoms. The number of benzene rings is 1. The molecule has 1 aromatic heterocycles. The van der Waals surface area contributed by atoms with Gasteiger partial charge < -0.3 is 34.8 Å². The number of ether oxygens (including phenoxy) is 2. The molecule has 4 rings (SSSR count). The predicted octanol–water partition coefficient (Wildman–Crippen LogP) is 2.26. The van der Waals surface area contributed by atoms with Crippen molar-refractivity contribution in [1.29, 1.82) is 0 Å². The fraction of sp³-hybridized carbons (Fsp3) is 0.538. The van der Waals surface area contributed by atoms with Gasteiger partial charge in [0.05, 0.1) is 31.6 Å². The van der Waals surface area contributed by atoms with Crippen LogP contribution in [0.15, 0.2) is 24.4 Å². The Bertz CT molecular complexity index is 1120. The molecule has 2 amide bonds. The molecule has 2 aromatic rings. The molecule has 1 fully saturated rings. The van der Waals surface area contributed by atoms with Gasteiger partial charge in [0, 0.05) is 38.7 Å². The zero-order valence-corrected chi connectivity index (χ0v) is 22.3. The van der Waals surface area contributed by atoms with E-state index in [-0.39, 0.29) is 23.9 Å². The molecule has 3 heterocycles. The SMILES string of the molecule is COCC(C)N1CCC(=O)N(C)c2cnc(Nc3ccc(C(=O)NC4CCN(C)CC4)cc3OC)nc21. The first-order chi connectivity index (χ1) is 17.8. The summed E-state index contributed by atoms with van der Waals surface area (Å²) in [7, 11) is 7.05. The summed E-state index contributed by atoms with van der Waals surface area (Å²) < 4.78 is 10.9. The molecule has 0 aliphatic carbocycles. The van der Waals surface area contributed by atoms with Crippen molar-refractivity contribution in [3.05, 3.63) is 30.0 Å². The van der Waals surface area contributed by atoms with E-state index < -0.39 is 0 Å². The molecule has 1 aromatic carbocycles. The standard InChI is InChI=1S/C26H37N7O4/c1-17(16-36-4)33-13-10-23(34)32(3)21-15-27-26(30-24(21)33)29-20-7-6-18(14-22(20)37-5)25(35)28-19-8-11-31(2)12-9-19/h6-7,14-15,17,19H,8-13,16H2,1-5H3,(H,28,35)(H,27,29,30). The average molecular weight is 512 g/mol. The molecule has 0 radical (unpaired) electrons. The van der Waals surface area contributed by atoms with Gasteiger partial charge in [0.1, 0.15) is 11.4 Å². The van der Waals surface area contributed by atoms with Crippen molar-refractivity contribution >= 4 is 35.0 Å². The Hall–Kier alpha value is -3.44. The van der Waals surface area contributed by atoms with Gasteiger partial charge in [-0.25, -0.2) is 4.98 Å². The third-order valence-electron chi connectivity index (χ3n) is 7.03. The Morgan fingerprint density at radius 2 is 1.95 bits per heavy atom. The van der Waals surface area contributed by atoms with Gasteiger partial charge in [-0.05, 0) is 58.1 Å². The van der Waals surface area contributed by atoms with E-state index in [9.17, 15) is 9.59 Å². The first kappa shape index (κ1) is 26.6. The minimum Gasteiger partial charge on any atom is -0.495 e. The third-order valence-corrected chi connectivity index (χ3v) is 7.03. The molecule has 2 aliphatic heterocycles. The number of fused-ring (bicyclic) bond motifs is 1. The second-order valence-electron chi connectivity index (χ2n) is 9.69. The lowest BCUT2D eigenvalue weighted by Crippen LogP contribution is -2.43. The Morgan fingerprint density at radius 3 is 2.65 bits per heavy atom. The van der Waals surface area contributed by atoms with Crippen molar-refractivity contribution < 1.29 is 19.1 Å². The highest BCUT2D eigenvalue weighted by Crippen LogP contribution is 2.34. The third kappa shape index (κ3) is 6.11. The highest BCUT2D eigenvalue weighted by atomic mass is 16.5. The summed E-state index contributed by atoms with van der Waals surface area (Å²) in [5, 5.41) is 6.35. The summed E-state index contributed by atoms with van der Waals surface area (Å²) in [5.41, 5.74) is 1.81. The van der Waals surface area contributed by atoms with Crippen LogP contribution in [0.3, 0.4) is 0 Å². The maximum atomic E-state index is 12.9. The number of hydrogen-bond acceptors (Lipinski definition) is 9. The van der Waals surface area contributed by atoms with E-state index >= 15 is 0 Å². The minimum atomic E-state index is -0.115. The number of hydrogen-bond donors (Lipinski definition) is 2. The zero-order valence-electron chi connectivity index (χ0n) is 22.3. The zero-order chi connectivity index (χ0) is 26.5. The number of carbonyl (C=O) groups is 2. The van der Waals surface area contributed by atoms with Crippen LogP contribution in [0.2, 0.25) is 0 Å². The molecule has 1 atom stereocenters. The smallest absolute Gasteiger partial charge is 0.251 e. The number of nitrogens with one attached hydrogen (secondary N) is 2. The van der Waals surface area contributed by atoms with Crippen molar-refractivity contribution in [3.8, 4) is 5.75 Å². The lowest BCUT2D eigenvalue weighted by molar-refractivity contribution is -0.118. The molecule has 1 unspecified atom stereocenters. The van der Waals surface area contributed by atoms with Crippen LogP contribution in [-0.2, 0) is 9.53 Å². The van der Waals surface area contributed by atoms with Crippen molar-refractivity contribution in [1.82, 2.24) is 20.2 Å². The van der Waals surface area contributed by atoms with Crippen LogP contribution >= 0.6 is 0 Å². The largest absolute Gasteiger partial charge is 0.495 e. The summed E-state index contributed by atoms with van der Waals surface area (Å²) in [6.45, 7) is 5.02. The van der Waals surface area contributed by atoms with E-state index in [0.29, 0.717) is 54.0 Å². The monoisotopic (exact) mass is 511 g/mol. The number of anilines is 4. The summed E-state index contributed by atoms with van der Waals surface area (Å²) in [6, 6.07) is 5.46. The maximum absolute atomic E-state index is 12.9. The first-order valence-corrected chi connectivity index (χ1v) is 12.6. The number of carbonyl (C=O) groups excluding carboxylic acids is 2. The van der Waals surface area contributed by atoms with Gasteiger partial charge >= 0.3 is 0 Å². The molecule has 0 saturated carbocycles. The molecule has 2 N–H and O–H groups in total. The average Bonchev–Trinajstić information content (AvgIpc) is 3.01. The Labute approximate surface area is 218 Å². The van der Waals surface area contributed by atoms with Gasteiger partial charge in [0.2, 0.25) is 11.9 Å². The summed E-state index contributed by atoms with van der Waals surface area (Å²) in [5.74, 6) is 1.41. The number of nitrogens with zero attached hydrogens (tertiary/aromatic N) is 5. The highest BCUT2D eigenvalue weighted by Gasteiger charge is 2.29. The van der Waals surface area contributed by atoms with Gasteiger partial charge in [-0.1, -0.05) is 0 Å². The molecular weight excluding hydrogens is 474 g/mol. The van der Waals surface area contributed by atoms with Crippen LogP contribution in [0.5, 0.6) is 5.75 Å². The lowest BCUT2D eigenvalue weighted by atomic mass is 10.0. The van der Waals surface area contributed by atoms with Crippen molar-refractivity contribution in [3.63, 3.8) is 0 Å². The lowest BCUT2D eigenvalue weighted by Gasteiger charge is -2.30. The predicted molar refractivity (Wildman–Crippen MR) is 143 cm³/mol. The molecular formula is C26H37N7O4. The Morgan fingerprint density at radius 1 is 1.19 bits per heavy atom. The molecule has 0 bridgehead atoms. The second kappa shape index (κ2) is 11.7. The Balaban J connectivity index is 1.55. The molecule has 200 valence electrons. The normalized spacial score (nSPS) is 17.7. The van der Waals surface area contributed by atoms with Crippen molar-refractivity contribution in [2.24, 2.45) is 0 Å². The van der Waals surface area contributed by atoms with Gasteiger partial charge in [-0.2, -0.15) is 4.98 Å². The number of piperidine rings is 1. The molecule has 2 aliphatic rings. The summed E-state index contributed by atoms with van der Waals surface area (Å²) >= 11 is 0. The van der Waals surface area contributed by atoms with Crippen molar-refractivity contribution in [2.75, 3.05) is 69.7 Å². The van der Waals surface area contributed by atoms with E-state index in [1.54, 1.807) is 50.6 Å². The van der Waals surface area contributed by atoms with E-state index in [2.05, 4.69) is 32.5 Å². The van der Waals surface area contributed by atoms with E-state index in [0.717, 1.165) is 25.9 Å². The summed E-state index contributed by atoms with van der Waals surface area (Å²) in [4.78, 5) is 40.6. The fourth-order valence-electron chi connectivity index (χ4n) is 4.74. The van der Waals surface area contributed by atoms with Gasteiger partial charge in [-0.3, -0.25) is 9.59 Å². The van der Waals surface area contributed by atoms with E-state index in [1.165, 1.54) is 0 Å². The van der Waals surface area contributed by atoms with E-state index in [4.69, 9.17) is 14.5 Å². The van der Waals surface area contributed by atoms with E-state index in [1.807, 2.05) is 6.92 Å². The quantitative estimate of drug-likeness (QED) is 0.551. The molecule has 11 nitrogen and oxygen atoms in total. The number of rotatable bonds is 8. The molecule has 11 heteroatoms. The second-order valence-corrected chi connectivity index (χ2v) is 9.69. The van der Waals surface area contributed by atoms with Gasteiger partial charge in [0.25, 0.3) is 5.91 Å². The van der Waals surface area contributed by atoms with Gasteiger partial charge in [0.15, 0.2) is 5.82 Å². The number of likely N-dealkylation sites (tertiary alicyclic amines) is 1. The van der Waals surface area contributed by atoms with Crippen LogP contribution in [0, 0.1) is 0 Å². The number of amides is 2. The molecule has 37 heavy (non-hydrogen) atoms. The maximum Gasteiger partial charge on any atom is 0.251 e. The van der Waals surface area contributed by atoms with Crippen molar-refractivity contribution in [2.45, 2.75) is 38.3 Å². The fourth-order valence-corrected chi connectivity index (χ4v) is 4.74. The highest BCUT2D eigenvalue weighted by molar-refractivity contribution is 5.97. The van der Waals surface area contributed by atoms with Crippen LogP contribution < -0.4 is 25.2 Å². The first-order valence-electron chi connectivity index (χ1n) is 12.6. The van der Waals surface area contributed by atoms with Crippen LogP contribution in [0.4, 0.5) is 23.1 Å². The summed E-state index contributed by atoms with van der Waals surface area (Å²) in [6.07, 6.45) is 3.90. The number of aromatic nitrogens is 2. The van der Waals surface area contributed by atoms with Gasteiger partial charge in [-0.15, -0.1) is 0 Å². The Kier molecular flexibility index (Phi) is 8.45. The van der Waals surface area contributed by atoms with Crippen LogP contribution in [-0.4, -0.2) is 93.3 Å². The molecule has 1 saturated heterocycles. The minimum absolute atomic E-state index is 0.00783. The number of methoxy groups -OCH3 is 2. The topological polar surface area (TPSA) is 112 Å².